The predicted octanol–water partition coefficient (Wildman–Crippen LogP) is 2.01. The fourth-order valence-electron chi connectivity index (χ4n) is 3.18. The summed E-state index contributed by atoms with van der Waals surface area (Å²) in [4.78, 5) is 14.1. The van der Waals surface area contributed by atoms with Gasteiger partial charge >= 0.3 is 6.09 Å². The van der Waals surface area contributed by atoms with Gasteiger partial charge < -0.3 is 15.0 Å². The Kier molecular flexibility index (Phi) is 3.19. The molecule has 102 valence electrons. The van der Waals surface area contributed by atoms with Gasteiger partial charge in [-0.1, -0.05) is 37.3 Å². The van der Waals surface area contributed by atoms with E-state index in [1.165, 1.54) is 0 Å². The molecule has 0 aliphatic carbocycles. The maximum atomic E-state index is 12.2. The van der Waals surface area contributed by atoms with Crippen LogP contribution in [0.25, 0.3) is 0 Å². The quantitative estimate of drug-likeness (QED) is 0.884. The Labute approximate surface area is 113 Å². The molecule has 2 unspecified atom stereocenters. The van der Waals surface area contributed by atoms with Crippen LogP contribution in [-0.2, 0) is 11.3 Å². The van der Waals surface area contributed by atoms with Crippen LogP contribution in [0.3, 0.4) is 0 Å². The van der Waals surface area contributed by atoms with Crippen LogP contribution in [0.15, 0.2) is 30.3 Å². The molecule has 0 saturated carbocycles. The fraction of sp³-hybridized carbons (Fsp3) is 0.533. The first kappa shape index (κ1) is 12.5. The molecule has 1 spiro atoms. The van der Waals surface area contributed by atoms with Crippen molar-refractivity contribution in [1.82, 2.24) is 10.2 Å². The van der Waals surface area contributed by atoms with Crippen LogP contribution >= 0.6 is 0 Å². The first-order valence-electron chi connectivity index (χ1n) is 6.91. The van der Waals surface area contributed by atoms with Gasteiger partial charge in [-0.15, -0.1) is 0 Å². The van der Waals surface area contributed by atoms with Crippen molar-refractivity contribution in [3.05, 3.63) is 35.9 Å². The summed E-state index contributed by atoms with van der Waals surface area (Å²) in [5.41, 5.74) is 1.04. The summed E-state index contributed by atoms with van der Waals surface area (Å²) in [7, 11) is 0. The van der Waals surface area contributed by atoms with E-state index in [1.807, 2.05) is 35.2 Å². The lowest BCUT2D eigenvalue weighted by Crippen LogP contribution is -2.69. The van der Waals surface area contributed by atoms with Gasteiger partial charge in [0.25, 0.3) is 0 Å². The topological polar surface area (TPSA) is 41.6 Å². The first-order valence-corrected chi connectivity index (χ1v) is 6.91. The number of hydrogen-bond acceptors (Lipinski definition) is 3. The van der Waals surface area contributed by atoms with Crippen molar-refractivity contribution in [3.8, 4) is 0 Å². The third-order valence-electron chi connectivity index (χ3n) is 4.50. The van der Waals surface area contributed by atoms with Crippen molar-refractivity contribution >= 4 is 6.09 Å². The zero-order valence-corrected chi connectivity index (χ0v) is 11.3. The Morgan fingerprint density at radius 1 is 1.47 bits per heavy atom. The van der Waals surface area contributed by atoms with Gasteiger partial charge in [0.05, 0.1) is 5.54 Å². The van der Waals surface area contributed by atoms with Crippen LogP contribution in [0.2, 0.25) is 0 Å². The highest BCUT2D eigenvalue weighted by molar-refractivity contribution is 5.70. The molecule has 1 amide bonds. The summed E-state index contributed by atoms with van der Waals surface area (Å²) < 4.78 is 5.43. The molecule has 0 radical (unpaired) electrons. The van der Waals surface area contributed by atoms with Gasteiger partial charge in [0.15, 0.2) is 0 Å². The van der Waals surface area contributed by atoms with Gasteiger partial charge in [-0.2, -0.15) is 0 Å². The number of likely N-dealkylation sites (tertiary alicyclic amines) is 1. The summed E-state index contributed by atoms with van der Waals surface area (Å²) in [6.07, 6.45) is 0.861. The Morgan fingerprint density at radius 2 is 2.26 bits per heavy atom. The van der Waals surface area contributed by atoms with E-state index < -0.39 is 0 Å². The Bertz CT molecular complexity index is 454. The van der Waals surface area contributed by atoms with Crippen molar-refractivity contribution in [2.24, 2.45) is 5.92 Å². The highest BCUT2D eigenvalue weighted by Gasteiger charge is 2.55. The number of benzene rings is 1. The second-order valence-electron chi connectivity index (χ2n) is 5.58. The lowest BCUT2D eigenvalue weighted by atomic mass is 9.74. The highest BCUT2D eigenvalue weighted by Crippen LogP contribution is 2.41. The minimum atomic E-state index is -0.175. The van der Waals surface area contributed by atoms with E-state index in [-0.39, 0.29) is 11.6 Å². The minimum Gasteiger partial charge on any atom is -0.445 e. The molecule has 1 N–H and O–H groups in total. The summed E-state index contributed by atoms with van der Waals surface area (Å²) in [6, 6.07) is 9.81. The largest absolute Gasteiger partial charge is 0.445 e. The van der Waals surface area contributed by atoms with E-state index in [9.17, 15) is 4.79 Å². The summed E-state index contributed by atoms with van der Waals surface area (Å²) in [5.74, 6) is 0.562. The second kappa shape index (κ2) is 4.85. The van der Waals surface area contributed by atoms with Crippen LogP contribution in [-0.4, -0.2) is 36.2 Å². The number of hydrogen-bond donors (Lipinski definition) is 1. The number of carbonyl (C=O) groups excluding carboxylic acids is 1. The number of nitrogens with one attached hydrogen (secondary N) is 1. The molecule has 2 aliphatic heterocycles. The van der Waals surface area contributed by atoms with Crippen LogP contribution in [0.4, 0.5) is 4.79 Å². The number of rotatable bonds is 2. The number of amides is 1. The van der Waals surface area contributed by atoms with Gasteiger partial charge in [0.2, 0.25) is 0 Å². The third-order valence-corrected chi connectivity index (χ3v) is 4.50. The molecule has 2 atom stereocenters. The maximum absolute atomic E-state index is 12.2. The van der Waals surface area contributed by atoms with Gasteiger partial charge in [-0.25, -0.2) is 4.79 Å². The van der Waals surface area contributed by atoms with Gasteiger partial charge in [-0.3, -0.25) is 0 Å². The number of carbonyl (C=O) groups is 1. The van der Waals surface area contributed by atoms with Crippen LogP contribution in [0.5, 0.6) is 0 Å². The monoisotopic (exact) mass is 260 g/mol. The molecule has 0 bridgehead atoms. The van der Waals surface area contributed by atoms with E-state index in [4.69, 9.17) is 4.74 Å². The van der Waals surface area contributed by atoms with Crippen molar-refractivity contribution in [2.75, 3.05) is 19.6 Å². The smallest absolute Gasteiger partial charge is 0.410 e. The molecule has 4 heteroatoms. The predicted molar refractivity (Wildman–Crippen MR) is 72.7 cm³/mol. The average Bonchev–Trinajstić information content (AvgIpc) is 2.96. The van der Waals surface area contributed by atoms with Gasteiger partial charge in [0.1, 0.15) is 6.61 Å². The van der Waals surface area contributed by atoms with Gasteiger partial charge in [-0.05, 0) is 24.4 Å². The average molecular weight is 260 g/mol. The van der Waals surface area contributed by atoms with E-state index >= 15 is 0 Å². The van der Waals surface area contributed by atoms with Crippen molar-refractivity contribution in [2.45, 2.75) is 25.5 Å². The normalized spacial score (nSPS) is 29.3. The molecule has 2 fully saturated rings. The molecule has 0 aromatic heterocycles. The van der Waals surface area contributed by atoms with Crippen LogP contribution in [0, 0.1) is 5.92 Å². The Hall–Kier alpha value is -1.55. The maximum Gasteiger partial charge on any atom is 0.410 e. The molecule has 19 heavy (non-hydrogen) atoms. The van der Waals surface area contributed by atoms with Crippen molar-refractivity contribution < 1.29 is 9.53 Å². The lowest BCUT2D eigenvalue weighted by Gasteiger charge is -2.54. The van der Waals surface area contributed by atoms with E-state index in [1.54, 1.807) is 0 Å². The van der Waals surface area contributed by atoms with Crippen LogP contribution in [0.1, 0.15) is 18.9 Å². The van der Waals surface area contributed by atoms with E-state index in [0.29, 0.717) is 12.5 Å². The number of ether oxygens (including phenoxy) is 1. The van der Waals surface area contributed by atoms with Crippen molar-refractivity contribution in [3.63, 3.8) is 0 Å². The van der Waals surface area contributed by atoms with Gasteiger partial charge in [0, 0.05) is 13.1 Å². The molecule has 1 aromatic carbocycles. The Balaban J connectivity index is 1.59. The summed E-state index contributed by atoms with van der Waals surface area (Å²) >= 11 is 0. The second-order valence-corrected chi connectivity index (χ2v) is 5.58. The SMILES string of the molecule is CC1CN(C(=O)OCc2ccccc2)C12CCNC2. The minimum absolute atomic E-state index is 0.00771. The molecule has 3 rings (SSSR count). The summed E-state index contributed by atoms with van der Waals surface area (Å²) in [5, 5.41) is 3.35. The van der Waals surface area contributed by atoms with Crippen molar-refractivity contribution in [1.29, 1.82) is 0 Å². The van der Waals surface area contributed by atoms with E-state index in [2.05, 4.69) is 12.2 Å². The highest BCUT2D eigenvalue weighted by atomic mass is 16.6. The molecular weight excluding hydrogens is 240 g/mol. The van der Waals surface area contributed by atoms with Crippen LogP contribution < -0.4 is 5.32 Å². The Morgan fingerprint density at radius 3 is 2.89 bits per heavy atom. The molecule has 2 aliphatic rings. The summed E-state index contributed by atoms with van der Waals surface area (Å²) in [6.45, 7) is 5.28. The molecule has 4 nitrogen and oxygen atoms in total. The zero-order chi connectivity index (χ0) is 13.3. The zero-order valence-electron chi connectivity index (χ0n) is 11.3. The fourth-order valence-corrected chi connectivity index (χ4v) is 3.18. The molecule has 2 heterocycles. The molecule has 2 saturated heterocycles. The molecule has 1 aromatic rings. The van der Waals surface area contributed by atoms with E-state index in [0.717, 1.165) is 31.6 Å². The lowest BCUT2D eigenvalue weighted by molar-refractivity contribution is -0.0514. The first-order chi connectivity index (χ1) is 9.22. The molecular formula is C15H20N2O2. The standard InChI is InChI=1S/C15H20N2O2/c1-12-9-17(15(12)7-8-16-11-15)14(18)19-10-13-5-3-2-4-6-13/h2-6,12,16H,7-11H2,1H3. The third kappa shape index (κ3) is 2.10. The number of nitrogens with zero attached hydrogens (tertiary/aromatic N) is 1.